The molecule has 2 aliphatic rings. The summed E-state index contributed by atoms with van der Waals surface area (Å²) < 4.78 is 51.8. The van der Waals surface area contributed by atoms with Crippen LogP contribution in [0.1, 0.15) is 434 Å². The van der Waals surface area contributed by atoms with Crippen LogP contribution in [-0.2, 0) is 119 Å². The summed E-state index contributed by atoms with van der Waals surface area (Å²) in [5.41, 5.74) is 6.15. The van der Waals surface area contributed by atoms with Crippen molar-refractivity contribution in [1.29, 1.82) is 0 Å². The zero-order valence-corrected chi connectivity index (χ0v) is 90.4. The summed E-state index contributed by atoms with van der Waals surface area (Å²) in [6, 6.07) is 37.8. The second kappa shape index (κ2) is 71.4. The maximum Gasteiger partial charge on any atom is 2.00 e. The molecule has 7 aromatic rings. The average Bonchev–Trinajstić information content (AvgIpc) is 1.56. The molecule has 1 radical (unpaired) electrons. The molecular formula is C124H172CuN4O16. The van der Waals surface area contributed by atoms with E-state index in [1.807, 2.05) is 121 Å². The van der Waals surface area contributed by atoms with E-state index in [9.17, 15) is 0 Å². The summed E-state index contributed by atoms with van der Waals surface area (Å²) in [6.45, 7) is 18.1. The Bertz CT molecular complexity index is 4630. The number of rotatable bonds is 76. The summed E-state index contributed by atoms with van der Waals surface area (Å²) in [4.78, 5) is 152. The molecule has 0 fully saturated rings. The number of unbranched alkanes of at least 4 members (excludes halogenated alkanes) is 40. The number of carbonyl (C=O) groups excluding carboxylic acids is 8. The predicted octanol–water partition coefficient (Wildman–Crippen LogP) is 31.0. The van der Waals surface area contributed by atoms with Crippen molar-refractivity contribution in [2.24, 2.45) is 0 Å². The van der Waals surface area contributed by atoms with E-state index in [0.29, 0.717) is 73.6 Å². The summed E-state index contributed by atoms with van der Waals surface area (Å²) >= 11 is 0. The minimum Gasteiger partial charge on any atom is -0.656 e. The van der Waals surface area contributed by atoms with E-state index < -0.39 is 99.1 Å². The van der Waals surface area contributed by atoms with E-state index in [1.54, 1.807) is 0 Å². The Hall–Kier alpha value is -10.2. The van der Waals surface area contributed by atoms with Gasteiger partial charge in [0.2, 0.25) is 0 Å². The van der Waals surface area contributed by atoms with Gasteiger partial charge in [0, 0.05) is 0 Å². The molecule has 0 saturated carbocycles. The molecule has 0 saturated heterocycles. The van der Waals surface area contributed by atoms with Crippen molar-refractivity contribution in [3.8, 4) is 44.5 Å². The van der Waals surface area contributed by atoms with E-state index >= 15 is 38.4 Å². The Kier molecular flexibility index (Phi) is 59.0. The van der Waals surface area contributed by atoms with E-state index in [0.717, 1.165) is 257 Å². The predicted molar refractivity (Wildman–Crippen MR) is 582 cm³/mol. The van der Waals surface area contributed by atoms with Crippen molar-refractivity contribution in [3.05, 3.63) is 166 Å². The van der Waals surface area contributed by atoms with E-state index in [-0.39, 0.29) is 182 Å². The van der Waals surface area contributed by atoms with Crippen LogP contribution in [0.3, 0.4) is 0 Å². The summed E-state index contributed by atoms with van der Waals surface area (Å²) in [5.74, 6) is -5.02. The Morgan fingerprint density at radius 3 is 0.483 bits per heavy atom. The van der Waals surface area contributed by atoms with E-state index in [2.05, 4.69) is 55.4 Å². The minimum absolute atomic E-state index is 0. The molecule has 8 bridgehead atoms. The zero-order chi connectivity index (χ0) is 102. The van der Waals surface area contributed by atoms with Gasteiger partial charge in [0.15, 0.2) is 0 Å². The standard InChI is InChI=1S/C124H172N4O16.Cu/c1-9-17-25-33-41-61-77-137-105(129)85-97-98(86-106(130)138-78-62-42-34-26-18-10-2)118-114(94-71-55-50-56-72-94)120-101(89-109(133)141-81-65-45-37-29-21-13-5)102(90-110(134)142-82-66-46-38-30-22-14-6)122(127-120)116(96-75-59-52-60-76-96)124-104(92-112(136)144-84-68-48-40-32-24-16-8)103(91-111(135)143-83-67-47-39-31-23-15-7)123(128-124)115(95-73-57-51-58-74-95)121-100(88-108(132)140-80-64-44-36-28-20-12-4)99(87-107(131)139-79-63-43-35-27-19-11-3)119(126-121)113(117(97)125-118)93-69-53-49-54-70-93;/h49-60,69-76H,9-48,61-68,77-92H2,1-8H3;/q-2;+2. The fraction of sp³-hybridized carbons (Fsp3) is 0.581. The number of nitrogens with zero attached hydrogens (tertiary/aromatic N) is 4. The molecule has 0 aliphatic carbocycles. The molecule has 0 atom stereocenters. The van der Waals surface area contributed by atoms with Crippen LogP contribution in [0.15, 0.2) is 121 Å². The maximum absolute atomic E-state index is 16.0. The van der Waals surface area contributed by atoms with Crippen molar-refractivity contribution in [1.82, 2.24) is 19.9 Å². The Balaban J connectivity index is 0.0000257. The molecule has 795 valence electrons. The first kappa shape index (κ1) is 120. The van der Waals surface area contributed by atoms with Gasteiger partial charge in [-0.3, -0.25) is 38.4 Å². The van der Waals surface area contributed by atoms with Crippen LogP contribution >= 0.6 is 0 Å². The summed E-state index contributed by atoms with van der Waals surface area (Å²) in [7, 11) is 0. The fourth-order valence-corrected chi connectivity index (χ4v) is 19.4. The molecule has 0 amide bonds. The van der Waals surface area contributed by atoms with Gasteiger partial charge in [0.25, 0.3) is 0 Å². The topological polar surface area (TPSA) is 264 Å². The minimum atomic E-state index is -0.627. The number of fused-ring (bicyclic) bond motifs is 8. The quantitative estimate of drug-likeness (QED) is 0.0148. The maximum atomic E-state index is 16.0. The molecule has 145 heavy (non-hydrogen) atoms. The second-order valence-electron chi connectivity index (χ2n) is 39.3. The van der Waals surface area contributed by atoms with Crippen molar-refractivity contribution in [2.75, 3.05) is 52.9 Å². The van der Waals surface area contributed by atoms with Crippen LogP contribution in [0.2, 0.25) is 0 Å². The number of esters is 8. The third kappa shape index (κ3) is 41.1. The smallest absolute Gasteiger partial charge is 0.656 e. The first-order chi connectivity index (χ1) is 70.6. The number of hydrogen-bond donors (Lipinski definition) is 0. The zero-order valence-electron chi connectivity index (χ0n) is 89.4. The molecule has 9 rings (SSSR count). The van der Waals surface area contributed by atoms with Crippen molar-refractivity contribution < 1.29 is 93.3 Å². The van der Waals surface area contributed by atoms with Crippen LogP contribution in [0.5, 0.6) is 0 Å². The fourth-order valence-electron chi connectivity index (χ4n) is 19.4. The molecule has 21 heteroatoms. The second-order valence-corrected chi connectivity index (χ2v) is 39.3. The Morgan fingerprint density at radius 1 is 0.193 bits per heavy atom. The number of benzene rings is 4. The molecule has 5 heterocycles. The van der Waals surface area contributed by atoms with Gasteiger partial charge in [0.1, 0.15) is 0 Å². The Labute approximate surface area is 878 Å². The van der Waals surface area contributed by atoms with E-state index in [1.165, 1.54) is 0 Å². The first-order valence-electron chi connectivity index (χ1n) is 56.3. The first-order valence-corrected chi connectivity index (χ1v) is 56.3. The number of hydrogen-bond acceptors (Lipinski definition) is 18. The SMILES string of the molecule is CCCCCCCCOC(=O)CC1=C(CC(=O)OCCCCCCCC)c2nc1c(-c1ccccc1)c1[n-]c(c(CC(=O)OCCCCCCCC)c1CC(=O)OCCCCCCCC)c(-c1ccccc1)c1nc(c(-c3ccccc3)c3[n-]c(c(CC(=O)OCCCCCCCC)c3CC(=O)OCCCCCCCC)c2-c2ccccc2)C(CC(=O)OCCCCCCCC)=C1CC(=O)OCCCCCCCC.[Cu+2]. The van der Waals surface area contributed by atoms with Gasteiger partial charge < -0.3 is 47.9 Å². The molecule has 20 nitrogen and oxygen atoms in total. The summed E-state index contributed by atoms with van der Waals surface area (Å²) in [5, 5.41) is 0. The van der Waals surface area contributed by atoms with Crippen LogP contribution in [-0.4, -0.2) is 111 Å². The molecule has 4 aromatic carbocycles. The third-order valence-corrected chi connectivity index (χ3v) is 27.4. The molecule has 0 spiro atoms. The van der Waals surface area contributed by atoms with Gasteiger partial charge in [-0.2, -0.15) is 0 Å². The van der Waals surface area contributed by atoms with Gasteiger partial charge in [-0.1, -0.05) is 434 Å². The molecule has 0 N–H and O–H groups in total. The van der Waals surface area contributed by atoms with Gasteiger partial charge >= 0.3 is 64.8 Å². The monoisotopic (exact) mass is 2040 g/mol. The van der Waals surface area contributed by atoms with Crippen molar-refractivity contribution in [2.45, 2.75) is 415 Å². The van der Waals surface area contributed by atoms with Gasteiger partial charge in [-0.05, 0) is 140 Å². The van der Waals surface area contributed by atoms with Crippen LogP contribution in [0.4, 0.5) is 0 Å². The van der Waals surface area contributed by atoms with Gasteiger partial charge in [-0.15, -0.1) is 22.1 Å². The van der Waals surface area contributed by atoms with Crippen molar-refractivity contribution >= 4 is 92.1 Å². The number of ether oxygens (including phenoxy) is 8. The molecule has 0 unspecified atom stereocenters. The van der Waals surface area contributed by atoms with Crippen molar-refractivity contribution in [3.63, 3.8) is 0 Å². The third-order valence-electron chi connectivity index (χ3n) is 27.4. The molecule has 3 aromatic heterocycles. The van der Waals surface area contributed by atoms with Gasteiger partial charge in [0.05, 0.1) is 127 Å². The Morgan fingerprint density at radius 2 is 0.331 bits per heavy atom. The average molecular weight is 2040 g/mol. The van der Waals surface area contributed by atoms with E-state index in [4.69, 9.17) is 57.8 Å². The van der Waals surface area contributed by atoms with Gasteiger partial charge in [-0.25, -0.2) is 9.97 Å². The largest absolute Gasteiger partial charge is 2.00 e. The molecule has 2 aliphatic heterocycles. The summed E-state index contributed by atoms with van der Waals surface area (Å²) in [6.07, 6.45) is 40.2. The number of aromatic nitrogens is 4. The number of carbonyl (C=O) groups is 8. The molecular weight excluding hydrogens is 1860 g/mol. The van der Waals surface area contributed by atoms with Crippen LogP contribution < -0.4 is 9.97 Å². The van der Waals surface area contributed by atoms with Crippen LogP contribution in [0.25, 0.3) is 88.9 Å². The van der Waals surface area contributed by atoms with Crippen LogP contribution in [0, 0.1) is 0 Å². The normalized spacial score (nSPS) is 11.8.